The van der Waals surface area contributed by atoms with Gasteiger partial charge in [-0.25, -0.2) is 5.10 Å². The Morgan fingerprint density at radius 3 is 2.62 bits per heavy atom. The van der Waals surface area contributed by atoms with Crippen molar-refractivity contribution in [1.29, 1.82) is 0 Å². The number of aryl methyl sites for hydroxylation is 1. The van der Waals surface area contributed by atoms with Gasteiger partial charge in [0.2, 0.25) is 5.95 Å². The van der Waals surface area contributed by atoms with Crippen molar-refractivity contribution in [2.24, 2.45) is 0 Å². The van der Waals surface area contributed by atoms with Gasteiger partial charge in [-0.3, -0.25) is 4.57 Å². The van der Waals surface area contributed by atoms with Crippen LogP contribution in [0, 0.1) is 4.77 Å². The maximum absolute atomic E-state index is 5.80. The van der Waals surface area contributed by atoms with E-state index >= 15 is 0 Å². The second kappa shape index (κ2) is 4.67. The average Bonchev–Trinajstić information content (AvgIpc) is 2.59. The number of rotatable bonds is 3. The first kappa shape index (κ1) is 11.2. The van der Waals surface area contributed by atoms with Crippen LogP contribution in [0.4, 0.5) is 5.95 Å². The quantitative estimate of drug-likeness (QED) is 0.827. The number of nitrogens with two attached hydrogens (primary N) is 1. The van der Waals surface area contributed by atoms with Gasteiger partial charge in [0.05, 0.1) is 0 Å². The fraction of sp³-hybridized carbons (Fsp3) is 0.200. The van der Waals surface area contributed by atoms with Crippen molar-refractivity contribution in [3.05, 3.63) is 39.6 Å². The highest BCUT2D eigenvalue weighted by molar-refractivity contribution is 7.71. The molecule has 84 valence electrons. The number of nitrogens with zero attached hydrogens (tertiary/aromatic N) is 2. The van der Waals surface area contributed by atoms with Gasteiger partial charge in [0.1, 0.15) is 0 Å². The number of anilines is 1. The van der Waals surface area contributed by atoms with Gasteiger partial charge in [0.15, 0.2) is 4.77 Å². The zero-order valence-corrected chi connectivity index (χ0v) is 10.1. The Labute approximate surface area is 103 Å². The Bertz CT molecular complexity index is 528. The summed E-state index contributed by atoms with van der Waals surface area (Å²) in [5.74, 6) is 0.416. The number of H-pyrrole nitrogens is 1. The second-order valence-electron chi connectivity index (χ2n) is 3.42. The summed E-state index contributed by atoms with van der Waals surface area (Å²) in [7, 11) is 0. The molecule has 0 aliphatic rings. The monoisotopic (exact) mass is 254 g/mol. The molecule has 0 aliphatic heterocycles. The molecule has 1 aromatic carbocycles. The molecule has 0 unspecified atom stereocenters. The van der Waals surface area contributed by atoms with Crippen LogP contribution in [-0.4, -0.2) is 14.8 Å². The summed E-state index contributed by atoms with van der Waals surface area (Å²) in [6.45, 7) is 0.711. The first-order chi connectivity index (χ1) is 7.66. The Hall–Kier alpha value is -1.33. The average molecular weight is 255 g/mol. The lowest BCUT2D eigenvalue weighted by atomic mass is 10.1. The van der Waals surface area contributed by atoms with Gasteiger partial charge in [-0.15, -0.1) is 5.10 Å². The van der Waals surface area contributed by atoms with Crippen molar-refractivity contribution < 1.29 is 0 Å². The SMILES string of the molecule is Nc1n[nH]c(=S)n1CCc1ccc(Cl)cc1. The van der Waals surface area contributed by atoms with Crippen LogP contribution in [0.25, 0.3) is 0 Å². The first-order valence-corrected chi connectivity index (χ1v) is 5.60. The lowest BCUT2D eigenvalue weighted by Gasteiger charge is -2.04. The van der Waals surface area contributed by atoms with Gasteiger partial charge in [-0.2, -0.15) is 0 Å². The minimum absolute atomic E-state index is 0.416. The van der Waals surface area contributed by atoms with Crippen LogP contribution in [-0.2, 0) is 13.0 Å². The van der Waals surface area contributed by atoms with Gasteiger partial charge < -0.3 is 5.73 Å². The Morgan fingerprint density at radius 2 is 2.06 bits per heavy atom. The molecular formula is C10H11ClN4S. The molecule has 1 aromatic heterocycles. The van der Waals surface area contributed by atoms with Crippen LogP contribution in [0.15, 0.2) is 24.3 Å². The highest BCUT2D eigenvalue weighted by Gasteiger charge is 2.01. The molecule has 0 aliphatic carbocycles. The van der Waals surface area contributed by atoms with E-state index in [9.17, 15) is 0 Å². The molecule has 0 fully saturated rings. The molecule has 1 heterocycles. The summed E-state index contributed by atoms with van der Waals surface area (Å²) >= 11 is 10.9. The predicted molar refractivity (Wildman–Crippen MR) is 67.0 cm³/mol. The minimum atomic E-state index is 0.416. The maximum Gasteiger partial charge on any atom is 0.220 e. The summed E-state index contributed by atoms with van der Waals surface area (Å²) in [5, 5.41) is 7.24. The fourth-order valence-electron chi connectivity index (χ4n) is 1.44. The fourth-order valence-corrected chi connectivity index (χ4v) is 1.79. The smallest absolute Gasteiger partial charge is 0.220 e. The number of hydrogen-bond acceptors (Lipinski definition) is 3. The van der Waals surface area contributed by atoms with Gasteiger partial charge >= 0.3 is 0 Å². The van der Waals surface area contributed by atoms with E-state index in [4.69, 9.17) is 29.6 Å². The maximum atomic E-state index is 5.80. The normalized spacial score (nSPS) is 10.6. The van der Waals surface area contributed by atoms with Gasteiger partial charge in [0.25, 0.3) is 0 Å². The third kappa shape index (κ3) is 2.43. The number of aromatic amines is 1. The molecule has 0 bridgehead atoms. The second-order valence-corrected chi connectivity index (χ2v) is 4.24. The molecule has 6 heteroatoms. The van der Waals surface area contributed by atoms with Crippen molar-refractivity contribution in [3.63, 3.8) is 0 Å². The topological polar surface area (TPSA) is 59.6 Å². The molecule has 0 saturated carbocycles. The van der Waals surface area contributed by atoms with Crippen LogP contribution in [0.1, 0.15) is 5.56 Å². The molecular weight excluding hydrogens is 244 g/mol. The molecule has 4 nitrogen and oxygen atoms in total. The number of nitrogens with one attached hydrogen (secondary N) is 1. The van der Waals surface area contributed by atoms with Crippen molar-refractivity contribution in [3.8, 4) is 0 Å². The summed E-state index contributed by atoms with van der Waals surface area (Å²) in [5.41, 5.74) is 6.85. The standard InChI is InChI=1S/C10H11ClN4S/c11-8-3-1-7(2-4-8)5-6-15-9(12)13-14-10(15)16/h1-4H,5-6H2,(H2,12,13)(H,14,16). The number of hydrogen-bond donors (Lipinski definition) is 2. The molecule has 0 atom stereocenters. The Morgan fingerprint density at radius 1 is 1.38 bits per heavy atom. The van der Waals surface area contributed by atoms with E-state index in [1.165, 1.54) is 5.56 Å². The van der Waals surface area contributed by atoms with Crippen LogP contribution in [0.3, 0.4) is 0 Å². The number of benzene rings is 1. The molecule has 2 rings (SSSR count). The zero-order chi connectivity index (χ0) is 11.5. The highest BCUT2D eigenvalue weighted by atomic mass is 35.5. The van der Waals surface area contributed by atoms with E-state index in [2.05, 4.69) is 10.2 Å². The molecule has 2 aromatic rings. The summed E-state index contributed by atoms with van der Waals surface area (Å²) in [4.78, 5) is 0. The Kier molecular flexibility index (Phi) is 3.26. The van der Waals surface area contributed by atoms with Crippen molar-refractivity contribution in [2.75, 3.05) is 5.73 Å². The summed E-state index contributed by atoms with van der Waals surface area (Å²) < 4.78 is 2.32. The molecule has 0 radical (unpaired) electrons. The zero-order valence-electron chi connectivity index (χ0n) is 8.48. The molecule has 0 amide bonds. The van der Waals surface area contributed by atoms with Crippen LogP contribution in [0.2, 0.25) is 5.02 Å². The van der Waals surface area contributed by atoms with Crippen LogP contribution >= 0.6 is 23.8 Å². The number of halogens is 1. The number of aromatic nitrogens is 3. The van der Waals surface area contributed by atoms with E-state index in [0.29, 0.717) is 17.3 Å². The molecule has 3 N–H and O–H groups in total. The predicted octanol–water partition coefficient (Wildman–Crippen LogP) is 2.42. The largest absolute Gasteiger partial charge is 0.368 e. The summed E-state index contributed by atoms with van der Waals surface area (Å²) in [6.07, 6.45) is 0.842. The van der Waals surface area contributed by atoms with Crippen molar-refractivity contribution >= 4 is 29.8 Å². The van der Waals surface area contributed by atoms with E-state index in [1.54, 1.807) is 4.57 Å². The third-order valence-electron chi connectivity index (χ3n) is 2.33. The van der Waals surface area contributed by atoms with E-state index in [1.807, 2.05) is 24.3 Å². The van der Waals surface area contributed by atoms with Crippen LogP contribution < -0.4 is 5.73 Å². The molecule has 0 saturated heterocycles. The lowest BCUT2D eigenvalue weighted by molar-refractivity contribution is 0.694. The Balaban J connectivity index is 2.08. The van der Waals surface area contributed by atoms with Crippen molar-refractivity contribution in [2.45, 2.75) is 13.0 Å². The first-order valence-electron chi connectivity index (χ1n) is 4.82. The van der Waals surface area contributed by atoms with Crippen molar-refractivity contribution in [1.82, 2.24) is 14.8 Å². The number of nitrogen functional groups attached to an aromatic ring is 1. The van der Waals surface area contributed by atoms with E-state index < -0.39 is 0 Å². The van der Waals surface area contributed by atoms with Gasteiger partial charge in [-0.1, -0.05) is 23.7 Å². The summed E-state index contributed by atoms with van der Waals surface area (Å²) in [6, 6.07) is 7.72. The molecule has 0 spiro atoms. The third-order valence-corrected chi connectivity index (χ3v) is 2.89. The van der Waals surface area contributed by atoms with Gasteiger partial charge in [0, 0.05) is 11.6 Å². The van der Waals surface area contributed by atoms with Gasteiger partial charge in [-0.05, 0) is 36.3 Å². The van der Waals surface area contributed by atoms with E-state index in [-0.39, 0.29) is 0 Å². The van der Waals surface area contributed by atoms with E-state index in [0.717, 1.165) is 11.4 Å². The van der Waals surface area contributed by atoms with Crippen LogP contribution in [0.5, 0.6) is 0 Å². The lowest BCUT2D eigenvalue weighted by Crippen LogP contribution is -2.05. The minimum Gasteiger partial charge on any atom is -0.368 e. The molecule has 16 heavy (non-hydrogen) atoms. The highest BCUT2D eigenvalue weighted by Crippen LogP contribution is 2.11.